The molecule has 0 spiro atoms. The standard InChI is InChI=1S/C15H19N3O3S3/c1-18-9-11-23-15(18)16-14(19)13(8-10-22-2)17-24(20,21)12-6-4-3-5-7-12/h3-7,9,11,13,17H,8,10H2,1-2H3. The summed E-state index contributed by atoms with van der Waals surface area (Å²) in [6.45, 7) is 0. The smallest absolute Gasteiger partial charge is 0.266 e. The van der Waals surface area contributed by atoms with Gasteiger partial charge in [0.25, 0.3) is 5.91 Å². The summed E-state index contributed by atoms with van der Waals surface area (Å²) in [7, 11) is -1.98. The number of hydrogen-bond acceptors (Lipinski definition) is 5. The topological polar surface area (TPSA) is 80.5 Å². The molecule has 1 unspecified atom stereocenters. The number of sulfonamides is 1. The van der Waals surface area contributed by atoms with E-state index >= 15 is 0 Å². The van der Waals surface area contributed by atoms with Crippen LogP contribution in [0.25, 0.3) is 0 Å². The molecule has 0 saturated heterocycles. The molecule has 2 rings (SSSR count). The maximum Gasteiger partial charge on any atom is 0.266 e. The van der Waals surface area contributed by atoms with Crippen LogP contribution in [0.5, 0.6) is 0 Å². The molecule has 1 amide bonds. The largest absolute Gasteiger partial charge is 0.327 e. The molecule has 1 aromatic carbocycles. The van der Waals surface area contributed by atoms with E-state index < -0.39 is 22.0 Å². The quantitative estimate of drug-likeness (QED) is 0.785. The van der Waals surface area contributed by atoms with Gasteiger partial charge in [0, 0.05) is 18.6 Å². The van der Waals surface area contributed by atoms with E-state index in [1.807, 2.05) is 11.6 Å². The highest BCUT2D eigenvalue weighted by molar-refractivity contribution is 7.98. The maximum absolute atomic E-state index is 12.5. The number of rotatable bonds is 7. The molecule has 9 heteroatoms. The molecule has 1 heterocycles. The fourth-order valence-corrected chi connectivity index (χ4v) is 4.38. The third kappa shape index (κ3) is 5.04. The summed E-state index contributed by atoms with van der Waals surface area (Å²) in [5.41, 5.74) is 0. The molecule has 0 radical (unpaired) electrons. The lowest BCUT2D eigenvalue weighted by Gasteiger charge is -2.15. The fourth-order valence-electron chi connectivity index (χ4n) is 1.93. The predicted molar refractivity (Wildman–Crippen MR) is 97.4 cm³/mol. The van der Waals surface area contributed by atoms with Crippen molar-refractivity contribution in [3.63, 3.8) is 0 Å². The average Bonchev–Trinajstić information content (AvgIpc) is 2.97. The van der Waals surface area contributed by atoms with Crippen molar-refractivity contribution in [1.29, 1.82) is 0 Å². The van der Waals surface area contributed by atoms with Crippen molar-refractivity contribution in [1.82, 2.24) is 9.29 Å². The van der Waals surface area contributed by atoms with Crippen molar-refractivity contribution < 1.29 is 13.2 Å². The monoisotopic (exact) mass is 385 g/mol. The van der Waals surface area contributed by atoms with E-state index in [0.717, 1.165) is 0 Å². The maximum atomic E-state index is 12.5. The second-order valence-electron chi connectivity index (χ2n) is 5.01. The Bertz CT molecular complexity index is 841. The van der Waals surface area contributed by atoms with Crippen LogP contribution >= 0.6 is 23.1 Å². The summed E-state index contributed by atoms with van der Waals surface area (Å²) >= 11 is 2.88. The summed E-state index contributed by atoms with van der Waals surface area (Å²) in [6.07, 6.45) is 4.08. The van der Waals surface area contributed by atoms with Crippen LogP contribution in [0.2, 0.25) is 0 Å². The summed E-state index contributed by atoms with van der Waals surface area (Å²) in [5, 5.41) is 1.82. The first-order valence-electron chi connectivity index (χ1n) is 7.19. The van der Waals surface area contributed by atoms with E-state index in [-0.39, 0.29) is 4.90 Å². The normalized spacial score (nSPS) is 13.8. The lowest BCUT2D eigenvalue weighted by atomic mass is 10.2. The number of carbonyl (C=O) groups excluding carboxylic acids is 1. The van der Waals surface area contributed by atoms with Gasteiger partial charge >= 0.3 is 0 Å². The molecule has 0 bridgehead atoms. The highest BCUT2D eigenvalue weighted by Gasteiger charge is 2.25. The minimum absolute atomic E-state index is 0.133. The molecule has 1 N–H and O–H groups in total. The van der Waals surface area contributed by atoms with Gasteiger partial charge in [-0.2, -0.15) is 21.5 Å². The first-order chi connectivity index (χ1) is 11.4. The van der Waals surface area contributed by atoms with Crippen molar-refractivity contribution in [2.24, 2.45) is 12.0 Å². The number of benzene rings is 1. The minimum Gasteiger partial charge on any atom is -0.327 e. The van der Waals surface area contributed by atoms with Crippen LogP contribution in [0.3, 0.4) is 0 Å². The summed E-state index contributed by atoms with van der Waals surface area (Å²) < 4.78 is 29.1. The van der Waals surface area contributed by atoms with Crippen molar-refractivity contribution >= 4 is 39.0 Å². The molecule has 2 aromatic rings. The average molecular weight is 386 g/mol. The Kier molecular flexibility index (Phi) is 6.79. The van der Waals surface area contributed by atoms with Crippen molar-refractivity contribution in [3.8, 4) is 0 Å². The predicted octanol–water partition coefficient (Wildman–Crippen LogP) is 1.61. The Morgan fingerprint density at radius 3 is 2.67 bits per heavy atom. The van der Waals surface area contributed by atoms with Gasteiger partial charge in [-0.05, 0) is 30.6 Å². The van der Waals surface area contributed by atoms with Gasteiger partial charge in [-0.1, -0.05) is 18.2 Å². The van der Waals surface area contributed by atoms with Crippen molar-refractivity contribution in [2.45, 2.75) is 17.4 Å². The molecule has 1 aromatic heterocycles. The Hall–Kier alpha value is -1.42. The minimum atomic E-state index is -3.77. The highest BCUT2D eigenvalue weighted by Crippen LogP contribution is 2.11. The number of thiazole rings is 1. The van der Waals surface area contributed by atoms with Crippen LogP contribution in [-0.2, 0) is 21.9 Å². The van der Waals surface area contributed by atoms with Gasteiger partial charge in [-0.3, -0.25) is 4.79 Å². The second kappa shape index (κ2) is 8.61. The zero-order valence-corrected chi connectivity index (χ0v) is 15.8. The lowest BCUT2D eigenvalue weighted by molar-refractivity contribution is -0.119. The fraction of sp³-hybridized carbons (Fsp3) is 0.333. The van der Waals surface area contributed by atoms with Crippen LogP contribution in [0.15, 0.2) is 51.8 Å². The first-order valence-corrected chi connectivity index (χ1v) is 10.9. The third-order valence-corrected chi connectivity index (χ3v) is 6.20. The van der Waals surface area contributed by atoms with E-state index in [2.05, 4.69) is 9.71 Å². The number of amides is 1. The Labute approximate surface area is 149 Å². The van der Waals surface area contributed by atoms with E-state index in [4.69, 9.17) is 0 Å². The summed E-state index contributed by atoms with van der Waals surface area (Å²) in [6, 6.07) is 7.13. The summed E-state index contributed by atoms with van der Waals surface area (Å²) in [4.78, 5) is 17.2. The zero-order chi connectivity index (χ0) is 17.6. The number of thioether (sulfide) groups is 1. The number of nitrogens with one attached hydrogen (secondary N) is 1. The van der Waals surface area contributed by atoms with Gasteiger partial charge in [0.2, 0.25) is 10.0 Å². The van der Waals surface area contributed by atoms with Crippen LogP contribution in [0, 0.1) is 0 Å². The van der Waals surface area contributed by atoms with Gasteiger partial charge in [0.1, 0.15) is 6.04 Å². The number of aryl methyl sites for hydroxylation is 1. The zero-order valence-electron chi connectivity index (χ0n) is 13.4. The van der Waals surface area contributed by atoms with E-state index in [1.165, 1.54) is 23.5 Å². The van der Waals surface area contributed by atoms with Gasteiger partial charge in [0.15, 0.2) is 4.80 Å². The SMILES string of the molecule is CSCCC(NS(=O)(=O)c1ccccc1)C(=O)N=c1sccn1C. The molecular weight excluding hydrogens is 366 g/mol. The van der Waals surface area contributed by atoms with E-state index in [9.17, 15) is 13.2 Å². The van der Waals surface area contributed by atoms with Crippen molar-refractivity contribution in [3.05, 3.63) is 46.7 Å². The van der Waals surface area contributed by atoms with Crippen LogP contribution < -0.4 is 9.52 Å². The lowest BCUT2D eigenvalue weighted by Crippen LogP contribution is -2.41. The third-order valence-electron chi connectivity index (χ3n) is 3.23. The number of carbonyl (C=O) groups is 1. The Morgan fingerprint density at radius 2 is 2.08 bits per heavy atom. The molecule has 0 aliphatic rings. The number of nitrogens with zero attached hydrogens (tertiary/aromatic N) is 2. The van der Waals surface area contributed by atoms with Crippen molar-refractivity contribution in [2.75, 3.05) is 12.0 Å². The van der Waals surface area contributed by atoms with Crippen LogP contribution in [0.1, 0.15) is 6.42 Å². The molecule has 0 aliphatic carbocycles. The van der Waals surface area contributed by atoms with Crippen LogP contribution in [-0.4, -0.2) is 36.9 Å². The number of aromatic nitrogens is 1. The van der Waals surface area contributed by atoms with E-state index in [1.54, 1.807) is 47.8 Å². The van der Waals surface area contributed by atoms with Gasteiger partial charge in [0.05, 0.1) is 4.90 Å². The molecule has 6 nitrogen and oxygen atoms in total. The molecule has 1 atom stereocenters. The first kappa shape index (κ1) is 18.9. The number of hydrogen-bond donors (Lipinski definition) is 1. The van der Waals surface area contributed by atoms with Gasteiger partial charge < -0.3 is 4.57 Å². The molecular formula is C15H19N3O3S3. The van der Waals surface area contributed by atoms with Gasteiger partial charge in [-0.25, -0.2) is 8.42 Å². The molecule has 130 valence electrons. The Morgan fingerprint density at radius 1 is 1.38 bits per heavy atom. The second-order valence-corrected chi connectivity index (χ2v) is 8.59. The van der Waals surface area contributed by atoms with Crippen LogP contribution in [0.4, 0.5) is 0 Å². The molecule has 0 fully saturated rings. The summed E-state index contributed by atoms with van der Waals surface area (Å²) in [5.74, 6) is 0.168. The molecule has 24 heavy (non-hydrogen) atoms. The van der Waals surface area contributed by atoms with Gasteiger partial charge in [-0.15, -0.1) is 11.3 Å². The Balaban J connectivity index is 2.26. The van der Waals surface area contributed by atoms with E-state index in [0.29, 0.717) is 17.0 Å². The highest BCUT2D eigenvalue weighted by atomic mass is 32.2. The molecule has 0 saturated carbocycles. The molecule has 0 aliphatic heterocycles.